The van der Waals surface area contributed by atoms with Crippen LogP contribution >= 0.6 is 22.9 Å². The summed E-state index contributed by atoms with van der Waals surface area (Å²) in [5.74, 6) is -2.12. The fourth-order valence-corrected chi connectivity index (χ4v) is 5.44. The van der Waals surface area contributed by atoms with Gasteiger partial charge in [-0.05, 0) is 30.3 Å². The second-order valence-electron chi connectivity index (χ2n) is 9.42. The van der Waals surface area contributed by atoms with Gasteiger partial charge in [0.25, 0.3) is 0 Å². The molecule has 5 aromatic rings. The van der Waals surface area contributed by atoms with Gasteiger partial charge in [0.15, 0.2) is 6.79 Å². The van der Waals surface area contributed by atoms with E-state index in [-0.39, 0.29) is 12.1 Å². The Morgan fingerprint density at radius 2 is 1.86 bits per heavy atom. The third-order valence-corrected chi connectivity index (χ3v) is 7.70. The minimum Gasteiger partial charge on any atom is -0.435 e. The zero-order chi connectivity index (χ0) is 31.5. The highest BCUT2D eigenvalue weighted by molar-refractivity contribution is 7.10. The van der Waals surface area contributed by atoms with E-state index in [1.54, 1.807) is 61.5 Å². The Balaban J connectivity index is 0.00000141. The number of benzene rings is 3. The molecule has 0 amide bonds. The molecule has 2 aromatic heterocycles. The SMILES string of the molecule is CCCl.C[C@@H](c1nc(-c2ccc(C#N)cc2)cs1)C(Cn1cncn1)(OCOC(=O)c1ccccc1)c1ccc(F)cc1F. The average molecular weight is 636 g/mol. The van der Waals surface area contributed by atoms with Gasteiger partial charge in [0, 0.05) is 34.4 Å². The molecule has 2 atom stereocenters. The molecule has 8 nitrogen and oxygen atoms in total. The van der Waals surface area contributed by atoms with E-state index < -0.39 is 35.9 Å². The van der Waals surface area contributed by atoms with Crippen LogP contribution in [0.25, 0.3) is 11.3 Å². The molecular weight excluding hydrogens is 608 g/mol. The molecule has 0 aliphatic carbocycles. The Labute approximate surface area is 262 Å². The van der Waals surface area contributed by atoms with Crippen molar-refractivity contribution in [3.63, 3.8) is 0 Å². The summed E-state index contributed by atoms with van der Waals surface area (Å²) < 4.78 is 42.7. The van der Waals surface area contributed by atoms with Crippen LogP contribution in [0.2, 0.25) is 0 Å². The number of thiazole rings is 1. The first-order chi connectivity index (χ1) is 21.3. The van der Waals surface area contributed by atoms with E-state index in [4.69, 9.17) is 31.3 Å². The van der Waals surface area contributed by atoms with Gasteiger partial charge >= 0.3 is 5.97 Å². The minimum absolute atomic E-state index is 0.0350. The smallest absolute Gasteiger partial charge is 0.340 e. The van der Waals surface area contributed by atoms with E-state index >= 15 is 4.39 Å². The average Bonchev–Trinajstić information content (AvgIpc) is 3.74. The number of aromatic nitrogens is 4. The third kappa shape index (κ3) is 7.71. The lowest BCUT2D eigenvalue weighted by Gasteiger charge is -2.38. The van der Waals surface area contributed by atoms with E-state index in [9.17, 15) is 9.18 Å². The number of carbonyl (C=O) groups is 1. The van der Waals surface area contributed by atoms with Crippen LogP contribution in [0.3, 0.4) is 0 Å². The van der Waals surface area contributed by atoms with Crippen LogP contribution in [-0.4, -0.2) is 38.4 Å². The summed E-state index contributed by atoms with van der Waals surface area (Å²) in [6.45, 7) is 3.12. The lowest BCUT2D eigenvalue weighted by atomic mass is 9.81. The Morgan fingerprint density at radius 3 is 2.50 bits per heavy atom. The second-order valence-corrected chi connectivity index (χ2v) is 10.8. The van der Waals surface area contributed by atoms with Gasteiger partial charge in [-0.1, -0.05) is 50.2 Å². The molecule has 0 aliphatic rings. The highest BCUT2D eigenvalue weighted by atomic mass is 35.5. The number of halogens is 3. The summed E-state index contributed by atoms with van der Waals surface area (Å²) in [5, 5.41) is 15.7. The van der Waals surface area contributed by atoms with Gasteiger partial charge in [0.2, 0.25) is 0 Å². The number of esters is 1. The highest BCUT2D eigenvalue weighted by Gasteiger charge is 2.45. The van der Waals surface area contributed by atoms with Crippen molar-refractivity contribution in [3.8, 4) is 17.3 Å². The first-order valence-corrected chi connectivity index (χ1v) is 14.9. The predicted molar refractivity (Wildman–Crippen MR) is 163 cm³/mol. The fourth-order valence-electron chi connectivity index (χ4n) is 4.47. The number of ether oxygens (including phenoxy) is 2. The Kier molecular flexibility index (Phi) is 11.3. The summed E-state index contributed by atoms with van der Waals surface area (Å²) in [6, 6.07) is 20.7. The standard InChI is InChI=1S/C30H23F2N5O3S.C2H5Cl/c1-20(28-36-27(15-41-28)22-9-7-21(14-33)8-10-22)30(16-37-18-34-17-35-37,25-12-11-24(31)13-26(25)32)40-19-39-29(38)23-5-3-2-4-6-23;1-2-3/h2-13,15,17-18,20H,16,19H2,1H3;2H2,1H3/t20-,30?;/m0./s1. The van der Waals surface area contributed by atoms with Crippen molar-refractivity contribution in [2.75, 3.05) is 12.7 Å². The zero-order valence-electron chi connectivity index (χ0n) is 23.9. The van der Waals surface area contributed by atoms with Gasteiger partial charge in [0.05, 0.1) is 34.4 Å². The number of nitriles is 1. The molecular formula is C32H28ClF2N5O3S. The summed E-state index contributed by atoms with van der Waals surface area (Å²) in [7, 11) is 0. The van der Waals surface area contributed by atoms with Crippen LogP contribution < -0.4 is 0 Å². The molecule has 0 radical (unpaired) electrons. The van der Waals surface area contributed by atoms with Gasteiger partial charge in [-0.15, -0.1) is 22.9 Å². The van der Waals surface area contributed by atoms with Crippen molar-refractivity contribution in [2.24, 2.45) is 0 Å². The maximum Gasteiger partial charge on any atom is 0.340 e. The topological polar surface area (TPSA) is 103 Å². The molecule has 0 fully saturated rings. The van der Waals surface area contributed by atoms with E-state index in [0.29, 0.717) is 21.8 Å². The number of alkyl halides is 1. The number of rotatable bonds is 10. The summed E-state index contributed by atoms with van der Waals surface area (Å²) in [4.78, 5) is 21.5. The molecule has 0 aliphatic heterocycles. The van der Waals surface area contributed by atoms with E-state index in [0.717, 1.165) is 23.6 Å². The number of carbonyl (C=O) groups excluding carboxylic acids is 1. The zero-order valence-corrected chi connectivity index (χ0v) is 25.4. The third-order valence-electron chi connectivity index (χ3n) is 6.67. The Bertz CT molecular complexity index is 1700. The molecule has 1 unspecified atom stereocenters. The molecule has 2 heterocycles. The molecule has 226 valence electrons. The van der Waals surface area contributed by atoms with Crippen LogP contribution in [0.4, 0.5) is 8.78 Å². The van der Waals surface area contributed by atoms with Crippen LogP contribution in [0.1, 0.15) is 46.3 Å². The van der Waals surface area contributed by atoms with Crippen molar-refractivity contribution in [2.45, 2.75) is 31.9 Å². The molecule has 0 N–H and O–H groups in total. The van der Waals surface area contributed by atoms with Gasteiger partial charge in [-0.2, -0.15) is 10.4 Å². The van der Waals surface area contributed by atoms with Gasteiger partial charge < -0.3 is 9.47 Å². The van der Waals surface area contributed by atoms with Gasteiger partial charge in [-0.3, -0.25) is 0 Å². The first kappa shape index (κ1) is 32.4. The van der Waals surface area contributed by atoms with Gasteiger partial charge in [-0.25, -0.2) is 28.2 Å². The number of hydrogen-bond acceptors (Lipinski definition) is 8. The summed E-state index contributed by atoms with van der Waals surface area (Å²) >= 11 is 6.33. The van der Waals surface area contributed by atoms with Crippen molar-refractivity contribution in [3.05, 3.63) is 124 Å². The van der Waals surface area contributed by atoms with E-state index in [1.807, 2.05) is 12.3 Å². The fraction of sp³-hybridized carbons (Fsp3) is 0.219. The van der Waals surface area contributed by atoms with Crippen LogP contribution in [-0.2, 0) is 21.6 Å². The van der Waals surface area contributed by atoms with Crippen molar-refractivity contribution < 1.29 is 23.0 Å². The first-order valence-electron chi connectivity index (χ1n) is 13.5. The lowest BCUT2D eigenvalue weighted by molar-refractivity contribution is -0.148. The predicted octanol–water partition coefficient (Wildman–Crippen LogP) is 7.33. The summed E-state index contributed by atoms with van der Waals surface area (Å²) in [6.07, 6.45) is 2.78. The van der Waals surface area contributed by atoms with Crippen molar-refractivity contribution in [1.29, 1.82) is 5.26 Å². The van der Waals surface area contributed by atoms with E-state index in [2.05, 4.69) is 16.2 Å². The van der Waals surface area contributed by atoms with Crippen LogP contribution in [0, 0.1) is 23.0 Å². The van der Waals surface area contributed by atoms with Gasteiger partial charge in [0.1, 0.15) is 29.9 Å². The maximum absolute atomic E-state index is 15.5. The maximum atomic E-state index is 15.5. The van der Waals surface area contributed by atoms with Crippen molar-refractivity contribution >= 4 is 28.9 Å². The number of nitrogens with zero attached hydrogens (tertiary/aromatic N) is 5. The molecule has 44 heavy (non-hydrogen) atoms. The van der Waals surface area contributed by atoms with Crippen molar-refractivity contribution in [1.82, 2.24) is 19.7 Å². The van der Waals surface area contributed by atoms with Crippen LogP contribution in [0.15, 0.2) is 90.8 Å². The molecule has 0 saturated heterocycles. The molecule has 0 saturated carbocycles. The highest BCUT2D eigenvalue weighted by Crippen LogP contribution is 2.44. The van der Waals surface area contributed by atoms with Crippen LogP contribution in [0.5, 0.6) is 0 Å². The monoisotopic (exact) mass is 635 g/mol. The quantitative estimate of drug-likeness (QED) is 0.0899. The second kappa shape index (κ2) is 15.3. The molecule has 0 bridgehead atoms. The Hall–Kier alpha value is -4.50. The normalized spacial score (nSPS) is 12.7. The van der Waals surface area contributed by atoms with E-state index in [1.165, 1.54) is 34.7 Å². The minimum atomic E-state index is -1.55. The molecule has 12 heteroatoms. The molecule has 5 rings (SSSR count). The largest absolute Gasteiger partial charge is 0.435 e. The summed E-state index contributed by atoms with van der Waals surface area (Å²) in [5.41, 5.74) is 0.785. The Morgan fingerprint density at radius 1 is 1.14 bits per heavy atom. The molecule has 0 spiro atoms. The lowest BCUT2D eigenvalue weighted by Crippen LogP contribution is -2.42. The number of hydrogen-bond donors (Lipinski definition) is 0. The molecule has 3 aromatic carbocycles.